The van der Waals surface area contributed by atoms with Crippen LogP contribution in [0.25, 0.3) is 0 Å². The van der Waals surface area contributed by atoms with Crippen molar-refractivity contribution in [3.63, 3.8) is 0 Å². The third-order valence-corrected chi connectivity index (χ3v) is 5.35. The number of benzene rings is 2. The average Bonchev–Trinajstić information content (AvgIpc) is 2.77. The Morgan fingerprint density at radius 3 is 2.53 bits per heavy atom. The van der Waals surface area contributed by atoms with Gasteiger partial charge in [0.25, 0.3) is 0 Å². The van der Waals surface area contributed by atoms with Gasteiger partial charge in [-0.15, -0.1) is 0 Å². The number of allylic oxidation sites excluding steroid dienone is 2. The van der Waals surface area contributed by atoms with Gasteiger partial charge in [-0.3, -0.25) is 4.79 Å². The molecule has 1 aliphatic heterocycles. The van der Waals surface area contributed by atoms with E-state index in [1.54, 1.807) is 0 Å². The number of carbonyl (C=O) groups is 2. The number of esters is 1. The van der Waals surface area contributed by atoms with Gasteiger partial charge >= 0.3 is 5.97 Å². The monoisotopic (exact) mass is 405 g/mol. The number of ketones is 1. The van der Waals surface area contributed by atoms with Crippen molar-refractivity contribution in [1.82, 2.24) is 0 Å². The molecule has 1 heterocycles. The molecule has 1 atom stereocenters. The van der Waals surface area contributed by atoms with E-state index in [0.29, 0.717) is 43.0 Å². The maximum atomic E-state index is 12.7. The van der Waals surface area contributed by atoms with Gasteiger partial charge in [0.1, 0.15) is 23.7 Å². The highest BCUT2D eigenvalue weighted by Gasteiger charge is 2.41. The minimum absolute atomic E-state index is 0.00953. The first kappa shape index (κ1) is 19.8. The van der Waals surface area contributed by atoms with Gasteiger partial charge in [-0.2, -0.15) is 0 Å². The predicted octanol–water partition coefficient (Wildman–Crippen LogP) is 3.73. The molecule has 0 radical (unpaired) electrons. The fourth-order valence-electron chi connectivity index (χ4n) is 3.90. The molecule has 154 valence electrons. The smallest absolute Gasteiger partial charge is 0.340 e. The van der Waals surface area contributed by atoms with Crippen molar-refractivity contribution in [3.05, 3.63) is 88.5 Å². The lowest BCUT2D eigenvalue weighted by Gasteiger charge is -2.32. The van der Waals surface area contributed by atoms with Crippen LogP contribution in [0.4, 0.5) is 0 Å². The number of ether oxygens (including phenoxy) is 3. The molecular formula is C24H23NO5. The Balaban J connectivity index is 1.64. The molecule has 1 aliphatic carbocycles. The number of hydrogen-bond acceptors (Lipinski definition) is 6. The molecule has 4 rings (SSSR count). The summed E-state index contributed by atoms with van der Waals surface area (Å²) in [5.74, 6) is -0.0190. The van der Waals surface area contributed by atoms with Gasteiger partial charge in [0.15, 0.2) is 5.78 Å². The summed E-state index contributed by atoms with van der Waals surface area (Å²) in [6, 6.07) is 17.2. The van der Waals surface area contributed by atoms with Crippen molar-refractivity contribution in [1.29, 1.82) is 0 Å². The van der Waals surface area contributed by atoms with Crippen molar-refractivity contribution in [2.45, 2.75) is 31.8 Å². The Kier molecular flexibility index (Phi) is 5.57. The summed E-state index contributed by atoms with van der Waals surface area (Å²) in [7, 11) is 1.28. The van der Waals surface area contributed by atoms with Crippen LogP contribution >= 0.6 is 0 Å². The predicted molar refractivity (Wildman–Crippen MR) is 110 cm³/mol. The third-order valence-electron chi connectivity index (χ3n) is 5.35. The van der Waals surface area contributed by atoms with Crippen LogP contribution in [0.1, 0.15) is 36.3 Å². The molecule has 0 saturated carbocycles. The lowest BCUT2D eigenvalue weighted by Crippen LogP contribution is -2.31. The Bertz CT molecular complexity index is 1020. The Labute approximate surface area is 174 Å². The van der Waals surface area contributed by atoms with E-state index in [9.17, 15) is 9.59 Å². The highest BCUT2D eigenvalue weighted by Crippen LogP contribution is 2.44. The summed E-state index contributed by atoms with van der Waals surface area (Å²) in [4.78, 5) is 25.2. The molecule has 0 bridgehead atoms. The average molecular weight is 405 g/mol. The van der Waals surface area contributed by atoms with Crippen molar-refractivity contribution in [2.24, 2.45) is 5.73 Å². The largest absolute Gasteiger partial charge is 0.489 e. The Morgan fingerprint density at radius 1 is 1.10 bits per heavy atom. The molecule has 2 aliphatic rings. The van der Waals surface area contributed by atoms with Crippen molar-refractivity contribution < 1.29 is 23.8 Å². The third kappa shape index (κ3) is 3.81. The molecule has 0 fully saturated rings. The maximum Gasteiger partial charge on any atom is 0.340 e. The standard InChI is InChI=1S/C24H23NO5/c1-28-24(27)22-20(21-18(26)8-5-9-19(21)30-23(22)25)16-10-12-17(13-11-16)29-14-15-6-3-2-4-7-15/h2-4,6-7,10-13,20H,5,8-9,14,25H2,1H3/t20-/m1/s1. The normalized spacial score (nSPS) is 18.6. The van der Waals surface area contributed by atoms with E-state index < -0.39 is 11.9 Å². The molecule has 30 heavy (non-hydrogen) atoms. The SMILES string of the molecule is COC(=O)C1=C(N)OC2=C(C(=O)CCC2)[C@H]1c1ccc(OCc2ccccc2)cc1. The second-order valence-corrected chi connectivity index (χ2v) is 7.26. The topological polar surface area (TPSA) is 87.9 Å². The van der Waals surface area contributed by atoms with Crippen LogP contribution in [0.5, 0.6) is 5.75 Å². The van der Waals surface area contributed by atoms with Crippen LogP contribution < -0.4 is 10.5 Å². The van der Waals surface area contributed by atoms with Crippen LogP contribution in [0.15, 0.2) is 77.4 Å². The van der Waals surface area contributed by atoms with Crippen molar-refractivity contribution in [3.8, 4) is 5.75 Å². The van der Waals surface area contributed by atoms with E-state index in [2.05, 4.69) is 0 Å². The van der Waals surface area contributed by atoms with Crippen LogP contribution in [-0.2, 0) is 25.7 Å². The second-order valence-electron chi connectivity index (χ2n) is 7.26. The van der Waals surface area contributed by atoms with E-state index in [4.69, 9.17) is 19.9 Å². The minimum atomic E-state index is -0.614. The lowest BCUT2D eigenvalue weighted by molar-refractivity contribution is -0.136. The molecule has 6 heteroatoms. The summed E-state index contributed by atoms with van der Waals surface area (Å²) in [6.07, 6.45) is 1.74. The Hall–Kier alpha value is -3.54. The first-order chi connectivity index (χ1) is 14.6. The number of nitrogens with two attached hydrogens (primary N) is 1. The molecule has 0 unspecified atom stereocenters. The number of carbonyl (C=O) groups excluding carboxylic acids is 2. The van der Waals surface area contributed by atoms with Gasteiger partial charge in [-0.25, -0.2) is 4.79 Å². The fourth-order valence-corrected chi connectivity index (χ4v) is 3.90. The number of Topliss-reactive ketones (excluding diaryl/α,β-unsaturated/α-hetero) is 1. The molecule has 0 spiro atoms. The van der Waals surface area contributed by atoms with E-state index in [1.165, 1.54) is 7.11 Å². The van der Waals surface area contributed by atoms with E-state index >= 15 is 0 Å². The number of methoxy groups -OCH3 is 1. The second kappa shape index (κ2) is 8.45. The van der Waals surface area contributed by atoms with Gasteiger partial charge in [0.2, 0.25) is 5.88 Å². The van der Waals surface area contributed by atoms with Gasteiger partial charge in [0.05, 0.1) is 13.0 Å². The number of hydrogen-bond donors (Lipinski definition) is 1. The van der Waals surface area contributed by atoms with E-state index in [1.807, 2.05) is 54.6 Å². The molecule has 2 aromatic carbocycles. The molecule has 2 aromatic rings. The van der Waals surface area contributed by atoms with Crippen molar-refractivity contribution >= 4 is 11.8 Å². The van der Waals surface area contributed by atoms with Crippen LogP contribution in [-0.4, -0.2) is 18.9 Å². The molecule has 0 amide bonds. The van der Waals surface area contributed by atoms with Crippen LogP contribution in [0.2, 0.25) is 0 Å². The highest BCUT2D eigenvalue weighted by molar-refractivity contribution is 6.03. The van der Waals surface area contributed by atoms with E-state index in [-0.39, 0.29) is 17.2 Å². The number of rotatable bonds is 5. The molecule has 0 saturated heterocycles. The zero-order chi connectivity index (χ0) is 21.1. The minimum Gasteiger partial charge on any atom is -0.489 e. The molecule has 0 aromatic heterocycles. The Morgan fingerprint density at radius 2 is 1.83 bits per heavy atom. The lowest BCUT2D eigenvalue weighted by atomic mass is 9.77. The van der Waals surface area contributed by atoms with Crippen LogP contribution in [0.3, 0.4) is 0 Å². The van der Waals surface area contributed by atoms with Gasteiger partial charge in [-0.05, 0) is 29.7 Å². The van der Waals surface area contributed by atoms with E-state index in [0.717, 1.165) is 11.1 Å². The zero-order valence-electron chi connectivity index (χ0n) is 16.7. The highest BCUT2D eigenvalue weighted by atomic mass is 16.5. The summed E-state index contributed by atoms with van der Waals surface area (Å²) >= 11 is 0. The van der Waals surface area contributed by atoms with Crippen LogP contribution in [0, 0.1) is 0 Å². The quantitative estimate of drug-likeness (QED) is 0.763. The van der Waals surface area contributed by atoms with Gasteiger partial charge < -0.3 is 19.9 Å². The van der Waals surface area contributed by atoms with Gasteiger partial charge in [-0.1, -0.05) is 42.5 Å². The molecular weight excluding hydrogens is 382 g/mol. The summed E-state index contributed by atoms with van der Waals surface area (Å²) in [5, 5.41) is 0. The maximum absolute atomic E-state index is 12.7. The van der Waals surface area contributed by atoms with Gasteiger partial charge in [0, 0.05) is 18.4 Å². The first-order valence-electron chi connectivity index (χ1n) is 9.87. The summed E-state index contributed by atoms with van der Waals surface area (Å²) in [5.41, 5.74) is 8.54. The zero-order valence-corrected chi connectivity index (χ0v) is 16.7. The van der Waals surface area contributed by atoms with Crippen molar-refractivity contribution in [2.75, 3.05) is 7.11 Å². The summed E-state index contributed by atoms with van der Waals surface area (Å²) < 4.78 is 16.4. The molecule has 2 N–H and O–H groups in total. The summed E-state index contributed by atoms with van der Waals surface area (Å²) in [6.45, 7) is 0.450. The fraction of sp³-hybridized carbons (Fsp3) is 0.250. The first-order valence-corrected chi connectivity index (χ1v) is 9.87. The molecule has 6 nitrogen and oxygen atoms in total.